The van der Waals surface area contributed by atoms with Gasteiger partial charge < -0.3 is 14.7 Å². The molecular formula is C18H31NO4. The molecule has 132 valence electrons. The Morgan fingerprint density at radius 2 is 1.91 bits per heavy atom. The normalized spacial score (nSPS) is 24.4. The molecule has 1 amide bonds. The maximum Gasteiger partial charge on any atom is 0.303 e. The summed E-state index contributed by atoms with van der Waals surface area (Å²) in [5, 5.41) is 8.83. The van der Waals surface area contributed by atoms with Gasteiger partial charge >= 0.3 is 5.97 Å². The predicted octanol–water partition coefficient (Wildman–Crippen LogP) is 3.22. The number of nitrogens with zero attached hydrogens (tertiary/aromatic N) is 1. The molecule has 1 heterocycles. The Kier molecular flexibility index (Phi) is 7.34. The number of amides is 1. The van der Waals surface area contributed by atoms with E-state index in [1.54, 1.807) is 0 Å². The van der Waals surface area contributed by atoms with E-state index >= 15 is 0 Å². The molecule has 23 heavy (non-hydrogen) atoms. The van der Waals surface area contributed by atoms with E-state index in [-0.39, 0.29) is 24.5 Å². The van der Waals surface area contributed by atoms with Gasteiger partial charge in [0.25, 0.3) is 5.91 Å². The van der Waals surface area contributed by atoms with Crippen molar-refractivity contribution in [2.45, 2.75) is 83.3 Å². The fourth-order valence-electron chi connectivity index (χ4n) is 3.79. The van der Waals surface area contributed by atoms with Crippen LogP contribution >= 0.6 is 0 Å². The molecule has 2 aliphatic rings. The molecule has 2 atom stereocenters. The van der Waals surface area contributed by atoms with Crippen LogP contribution in [-0.2, 0) is 14.3 Å². The molecule has 1 aliphatic carbocycles. The number of carboxylic acids is 1. The van der Waals surface area contributed by atoms with Gasteiger partial charge in [0.05, 0.1) is 6.10 Å². The molecule has 0 aromatic carbocycles. The molecule has 0 aromatic rings. The minimum absolute atomic E-state index is 0.109. The van der Waals surface area contributed by atoms with E-state index in [0.717, 1.165) is 32.2 Å². The van der Waals surface area contributed by atoms with E-state index in [2.05, 4.69) is 0 Å². The van der Waals surface area contributed by atoms with Crippen LogP contribution in [0.4, 0.5) is 0 Å². The number of aliphatic carboxylic acids is 1. The third kappa shape index (κ3) is 5.79. The first-order valence-corrected chi connectivity index (χ1v) is 9.26. The second kappa shape index (κ2) is 9.26. The van der Waals surface area contributed by atoms with Crippen molar-refractivity contribution in [3.63, 3.8) is 0 Å². The largest absolute Gasteiger partial charge is 0.481 e. The Hall–Kier alpha value is -1.10. The first-order valence-electron chi connectivity index (χ1n) is 9.26. The van der Waals surface area contributed by atoms with Crippen LogP contribution in [0.2, 0.25) is 0 Å². The summed E-state index contributed by atoms with van der Waals surface area (Å²) in [6, 6.07) is 0. The van der Waals surface area contributed by atoms with Gasteiger partial charge in [0.1, 0.15) is 6.10 Å². The zero-order valence-electron chi connectivity index (χ0n) is 14.3. The molecule has 5 heteroatoms. The highest BCUT2D eigenvalue weighted by Gasteiger charge is 2.30. The molecule has 0 unspecified atom stereocenters. The fourth-order valence-corrected chi connectivity index (χ4v) is 3.79. The van der Waals surface area contributed by atoms with Gasteiger partial charge in [0, 0.05) is 19.5 Å². The zero-order chi connectivity index (χ0) is 16.7. The van der Waals surface area contributed by atoms with Crippen molar-refractivity contribution in [3.8, 4) is 0 Å². The monoisotopic (exact) mass is 325 g/mol. The van der Waals surface area contributed by atoms with E-state index in [0.29, 0.717) is 25.3 Å². The lowest BCUT2D eigenvalue weighted by atomic mass is 9.93. The number of piperidine rings is 1. The lowest BCUT2D eigenvalue weighted by Gasteiger charge is -2.36. The highest BCUT2D eigenvalue weighted by molar-refractivity contribution is 5.81. The van der Waals surface area contributed by atoms with Crippen LogP contribution in [0, 0.1) is 5.92 Å². The van der Waals surface area contributed by atoms with Crippen molar-refractivity contribution < 1.29 is 19.4 Å². The molecule has 2 fully saturated rings. The Balaban J connectivity index is 1.84. The molecule has 0 radical (unpaired) electrons. The summed E-state index contributed by atoms with van der Waals surface area (Å²) in [5.41, 5.74) is 0. The number of hydrogen-bond donors (Lipinski definition) is 1. The molecular weight excluding hydrogens is 294 g/mol. The Bertz CT molecular complexity index is 392. The van der Waals surface area contributed by atoms with Crippen molar-refractivity contribution in [1.82, 2.24) is 4.90 Å². The summed E-state index contributed by atoms with van der Waals surface area (Å²) in [4.78, 5) is 25.4. The maximum absolute atomic E-state index is 12.8. The molecule has 1 saturated carbocycles. The third-order valence-electron chi connectivity index (χ3n) is 5.15. The molecule has 0 bridgehead atoms. The van der Waals surface area contributed by atoms with Gasteiger partial charge in [-0.3, -0.25) is 9.59 Å². The predicted molar refractivity (Wildman–Crippen MR) is 88.2 cm³/mol. The van der Waals surface area contributed by atoms with Gasteiger partial charge in [-0.1, -0.05) is 26.2 Å². The second-order valence-electron chi connectivity index (χ2n) is 7.02. The number of carbonyl (C=O) groups is 2. The number of rotatable bonds is 7. The standard InChI is InChI=1S/C18H31NO4/c1-2-16(23-15-8-4-3-5-9-15)18(22)19-12-6-7-14(13-19)10-11-17(20)21/h14-16H,2-13H2,1H3,(H,20,21)/t14-,16-/m0/s1. The van der Waals surface area contributed by atoms with Gasteiger partial charge in [0.15, 0.2) is 0 Å². The van der Waals surface area contributed by atoms with Gasteiger partial charge in [0.2, 0.25) is 0 Å². The Morgan fingerprint density at radius 1 is 1.17 bits per heavy atom. The summed E-state index contributed by atoms with van der Waals surface area (Å²) in [6.07, 6.45) is 9.33. The lowest BCUT2D eigenvalue weighted by molar-refractivity contribution is -0.151. The van der Waals surface area contributed by atoms with Crippen molar-refractivity contribution in [3.05, 3.63) is 0 Å². The number of carboxylic acid groups (broad SMARTS) is 1. The van der Waals surface area contributed by atoms with Gasteiger partial charge in [-0.15, -0.1) is 0 Å². The van der Waals surface area contributed by atoms with Crippen LogP contribution in [0.15, 0.2) is 0 Å². The number of likely N-dealkylation sites (tertiary alicyclic amines) is 1. The number of carbonyl (C=O) groups excluding carboxylic acids is 1. The smallest absolute Gasteiger partial charge is 0.303 e. The van der Waals surface area contributed by atoms with E-state index in [1.165, 1.54) is 19.3 Å². The Morgan fingerprint density at radius 3 is 2.57 bits per heavy atom. The van der Waals surface area contributed by atoms with Crippen LogP contribution in [0.3, 0.4) is 0 Å². The molecule has 0 spiro atoms. The highest BCUT2D eigenvalue weighted by atomic mass is 16.5. The average molecular weight is 325 g/mol. The zero-order valence-corrected chi connectivity index (χ0v) is 14.3. The fraction of sp³-hybridized carbons (Fsp3) is 0.889. The van der Waals surface area contributed by atoms with Crippen molar-refractivity contribution in [2.75, 3.05) is 13.1 Å². The topological polar surface area (TPSA) is 66.8 Å². The van der Waals surface area contributed by atoms with Crippen LogP contribution in [0.25, 0.3) is 0 Å². The van der Waals surface area contributed by atoms with Crippen LogP contribution in [0.1, 0.15) is 71.1 Å². The van der Waals surface area contributed by atoms with Crippen molar-refractivity contribution in [1.29, 1.82) is 0 Å². The summed E-state index contributed by atoms with van der Waals surface area (Å²) in [7, 11) is 0. The van der Waals surface area contributed by atoms with Gasteiger partial charge in [-0.2, -0.15) is 0 Å². The van der Waals surface area contributed by atoms with Crippen LogP contribution in [-0.4, -0.2) is 47.2 Å². The van der Waals surface area contributed by atoms with E-state index in [4.69, 9.17) is 9.84 Å². The quantitative estimate of drug-likeness (QED) is 0.780. The maximum atomic E-state index is 12.8. The molecule has 2 rings (SSSR count). The molecule has 5 nitrogen and oxygen atoms in total. The van der Waals surface area contributed by atoms with Crippen molar-refractivity contribution >= 4 is 11.9 Å². The van der Waals surface area contributed by atoms with Crippen LogP contribution in [0.5, 0.6) is 0 Å². The minimum Gasteiger partial charge on any atom is -0.481 e. The van der Waals surface area contributed by atoms with E-state index < -0.39 is 5.97 Å². The number of hydrogen-bond acceptors (Lipinski definition) is 3. The number of ether oxygens (including phenoxy) is 1. The van der Waals surface area contributed by atoms with Gasteiger partial charge in [-0.25, -0.2) is 0 Å². The highest BCUT2D eigenvalue weighted by Crippen LogP contribution is 2.25. The summed E-state index contributed by atoms with van der Waals surface area (Å²) < 4.78 is 6.10. The first-order chi connectivity index (χ1) is 11.1. The van der Waals surface area contributed by atoms with Gasteiger partial charge in [-0.05, 0) is 44.4 Å². The third-order valence-corrected chi connectivity index (χ3v) is 5.15. The van der Waals surface area contributed by atoms with Crippen LogP contribution < -0.4 is 0 Å². The average Bonchev–Trinajstić information content (AvgIpc) is 2.58. The SMILES string of the molecule is CC[C@H](OC1CCCCC1)C(=O)N1CCC[C@@H](CCC(=O)O)C1. The molecule has 0 aromatic heterocycles. The summed E-state index contributed by atoms with van der Waals surface area (Å²) in [5.74, 6) is -0.324. The summed E-state index contributed by atoms with van der Waals surface area (Å²) in [6.45, 7) is 3.49. The molecule has 1 saturated heterocycles. The summed E-state index contributed by atoms with van der Waals surface area (Å²) >= 11 is 0. The Labute approximate surface area is 139 Å². The van der Waals surface area contributed by atoms with E-state index in [9.17, 15) is 9.59 Å². The van der Waals surface area contributed by atoms with Crippen molar-refractivity contribution in [2.24, 2.45) is 5.92 Å². The molecule has 1 N–H and O–H groups in total. The lowest BCUT2D eigenvalue weighted by Crippen LogP contribution is -2.46. The molecule has 1 aliphatic heterocycles. The first kappa shape index (κ1) is 18.2. The van der Waals surface area contributed by atoms with E-state index in [1.807, 2.05) is 11.8 Å². The second-order valence-corrected chi connectivity index (χ2v) is 7.02. The minimum atomic E-state index is -0.750.